The van der Waals surface area contributed by atoms with E-state index in [2.05, 4.69) is 0 Å². The molecule has 19 heavy (non-hydrogen) atoms. The minimum atomic E-state index is -0.0807. The molecule has 1 saturated heterocycles. The first-order valence-electron chi connectivity index (χ1n) is 6.84. The Bertz CT molecular complexity index is 521. The second-order valence-corrected chi connectivity index (χ2v) is 5.63. The molecule has 0 bridgehead atoms. The van der Waals surface area contributed by atoms with Crippen LogP contribution in [-0.4, -0.2) is 29.4 Å². The lowest BCUT2D eigenvalue weighted by atomic mass is 9.76. The van der Waals surface area contributed by atoms with E-state index in [1.54, 1.807) is 0 Å². The first-order chi connectivity index (χ1) is 9.24. The number of para-hydroxylation sites is 1. The Labute approximate surface area is 111 Å². The molecule has 3 atom stereocenters. The van der Waals surface area contributed by atoms with Crippen molar-refractivity contribution in [2.24, 2.45) is 11.8 Å². The van der Waals surface area contributed by atoms with Gasteiger partial charge in [-0.05, 0) is 24.5 Å². The molecule has 4 nitrogen and oxygen atoms in total. The number of hydrogen-bond donors (Lipinski definition) is 0. The molecule has 0 N–H and O–H groups in total. The van der Waals surface area contributed by atoms with Crippen LogP contribution < -0.4 is 4.74 Å². The highest BCUT2D eigenvalue weighted by Crippen LogP contribution is 2.42. The number of carbonyl (C=O) groups excluding carboxylic acids is 2. The van der Waals surface area contributed by atoms with Gasteiger partial charge in [-0.2, -0.15) is 0 Å². The minimum Gasteiger partial charge on any atom is -0.488 e. The van der Waals surface area contributed by atoms with E-state index in [9.17, 15) is 9.59 Å². The Hall–Kier alpha value is -1.84. The Morgan fingerprint density at radius 3 is 2.42 bits per heavy atom. The topological polar surface area (TPSA) is 46.6 Å². The van der Waals surface area contributed by atoms with Gasteiger partial charge in [0.1, 0.15) is 11.9 Å². The van der Waals surface area contributed by atoms with Gasteiger partial charge in [0.25, 0.3) is 0 Å². The molecule has 1 aliphatic carbocycles. The van der Waals surface area contributed by atoms with E-state index in [1.165, 1.54) is 4.90 Å². The fraction of sp³-hybridized carbons (Fsp3) is 0.467. The lowest BCUT2D eigenvalue weighted by molar-refractivity contribution is -0.140. The predicted octanol–water partition coefficient (Wildman–Crippen LogP) is 1.39. The largest absolute Gasteiger partial charge is 0.488 e. The van der Waals surface area contributed by atoms with Gasteiger partial charge in [-0.3, -0.25) is 14.5 Å². The monoisotopic (exact) mass is 257 g/mol. The Morgan fingerprint density at radius 1 is 1.11 bits per heavy atom. The molecule has 3 aliphatic rings. The summed E-state index contributed by atoms with van der Waals surface area (Å²) in [6.07, 6.45) is 2.44. The van der Waals surface area contributed by atoms with Crippen molar-refractivity contribution >= 4 is 11.8 Å². The summed E-state index contributed by atoms with van der Waals surface area (Å²) >= 11 is 0. The van der Waals surface area contributed by atoms with Crippen molar-refractivity contribution < 1.29 is 14.3 Å². The molecule has 2 fully saturated rings. The molecule has 98 valence electrons. The average molecular weight is 257 g/mol. The Morgan fingerprint density at radius 2 is 1.79 bits per heavy atom. The number of imide groups is 1. The summed E-state index contributed by atoms with van der Waals surface area (Å²) in [7, 11) is 0. The normalized spacial score (nSPS) is 31.8. The van der Waals surface area contributed by atoms with Crippen molar-refractivity contribution in [3.05, 3.63) is 29.8 Å². The first kappa shape index (κ1) is 11.0. The van der Waals surface area contributed by atoms with E-state index in [0.717, 1.165) is 30.6 Å². The molecule has 4 rings (SSSR count). The third kappa shape index (κ3) is 1.52. The molecule has 2 aliphatic heterocycles. The molecule has 2 amide bonds. The number of rotatable bonds is 2. The maximum atomic E-state index is 12.1. The number of nitrogens with zero attached hydrogens (tertiary/aromatic N) is 1. The molecule has 1 aromatic rings. The summed E-state index contributed by atoms with van der Waals surface area (Å²) in [6, 6.07) is 7.89. The number of amides is 2. The van der Waals surface area contributed by atoms with Gasteiger partial charge >= 0.3 is 0 Å². The molecule has 0 spiro atoms. The van der Waals surface area contributed by atoms with Crippen molar-refractivity contribution in [3.8, 4) is 5.75 Å². The smallest absolute Gasteiger partial charge is 0.233 e. The second kappa shape index (κ2) is 3.83. The van der Waals surface area contributed by atoms with Gasteiger partial charge in [-0.15, -0.1) is 0 Å². The zero-order valence-electron chi connectivity index (χ0n) is 10.5. The van der Waals surface area contributed by atoms with Crippen LogP contribution >= 0.6 is 0 Å². The number of fused-ring (bicyclic) bond motifs is 2. The SMILES string of the molecule is O=C1[C@H]2CC[C@H]2C(=O)N1CC1Cc2ccccc2O1. The number of carbonyl (C=O) groups is 2. The van der Waals surface area contributed by atoms with Crippen LogP contribution in [-0.2, 0) is 16.0 Å². The summed E-state index contributed by atoms with van der Waals surface area (Å²) in [5, 5.41) is 0. The van der Waals surface area contributed by atoms with Crippen LogP contribution in [0.5, 0.6) is 5.75 Å². The van der Waals surface area contributed by atoms with Gasteiger partial charge in [0.15, 0.2) is 0 Å². The van der Waals surface area contributed by atoms with Crippen molar-refractivity contribution in [2.75, 3.05) is 6.54 Å². The summed E-state index contributed by atoms with van der Waals surface area (Å²) in [5.74, 6) is 0.851. The van der Waals surface area contributed by atoms with E-state index in [-0.39, 0.29) is 29.8 Å². The number of hydrogen-bond acceptors (Lipinski definition) is 3. The van der Waals surface area contributed by atoms with E-state index >= 15 is 0 Å². The average Bonchev–Trinajstić information content (AvgIpc) is 2.81. The van der Waals surface area contributed by atoms with Crippen LogP contribution in [0.25, 0.3) is 0 Å². The molecular weight excluding hydrogens is 242 g/mol. The number of benzene rings is 1. The number of ether oxygens (including phenoxy) is 1. The lowest BCUT2D eigenvalue weighted by Gasteiger charge is -2.24. The third-order valence-corrected chi connectivity index (χ3v) is 4.54. The summed E-state index contributed by atoms with van der Waals surface area (Å²) < 4.78 is 5.81. The fourth-order valence-corrected chi connectivity index (χ4v) is 3.34. The Kier molecular flexibility index (Phi) is 2.22. The van der Waals surface area contributed by atoms with Crippen LogP contribution in [0.2, 0.25) is 0 Å². The highest BCUT2D eigenvalue weighted by atomic mass is 16.5. The van der Waals surface area contributed by atoms with Crippen molar-refractivity contribution in [2.45, 2.75) is 25.4 Å². The lowest BCUT2D eigenvalue weighted by Crippen LogP contribution is -2.39. The van der Waals surface area contributed by atoms with Gasteiger partial charge in [-0.1, -0.05) is 18.2 Å². The predicted molar refractivity (Wildman–Crippen MR) is 67.5 cm³/mol. The van der Waals surface area contributed by atoms with Crippen molar-refractivity contribution in [1.29, 1.82) is 0 Å². The molecule has 1 saturated carbocycles. The molecule has 4 heteroatoms. The van der Waals surface area contributed by atoms with E-state index in [1.807, 2.05) is 24.3 Å². The van der Waals surface area contributed by atoms with Crippen LogP contribution in [0, 0.1) is 11.8 Å². The minimum absolute atomic E-state index is 0.0146. The summed E-state index contributed by atoms with van der Waals surface area (Å²) in [4.78, 5) is 25.6. The van der Waals surface area contributed by atoms with Crippen LogP contribution in [0.15, 0.2) is 24.3 Å². The second-order valence-electron chi connectivity index (χ2n) is 5.63. The molecule has 2 heterocycles. The van der Waals surface area contributed by atoms with Crippen LogP contribution in [0.1, 0.15) is 18.4 Å². The van der Waals surface area contributed by atoms with Gasteiger partial charge < -0.3 is 4.74 Å². The van der Waals surface area contributed by atoms with Gasteiger partial charge in [0.05, 0.1) is 18.4 Å². The number of likely N-dealkylation sites (tertiary alicyclic amines) is 1. The van der Waals surface area contributed by atoms with Gasteiger partial charge in [-0.25, -0.2) is 0 Å². The molecule has 1 aromatic carbocycles. The van der Waals surface area contributed by atoms with Crippen molar-refractivity contribution in [3.63, 3.8) is 0 Å². The molecule has 0 aromatic heterocycles. The third-order valence-electron chi connectivity index (χ3n) is 4.54. The van der Waals surface area contributed by atoms with Crippen LogP contribution in [0.4, 0.5) is 0 Å². The summed E-state index contributed by atoms with van der Waals surface area (Å²) in [5.41, 5.74) is 1.16. The maximum absolute atomic E-state index is 12.1. The maximum Gasteiger partial charge on any atom is 0.233 e. The van der Waals surface area contributed by atoms with Gasteiger partial charge in [0, 0.05) is 6.42 Å². The van der Waals surface area contributed by atoms with E-state index in [4.69, 9.17) is 4.74 Å². The summed E-state index contributed by atoms with van der Waals surface area (Å²) in [6.45, 7) is 0.402. The highest BCUT2D eigenvalue weighted by Gasteiger charge is 2.53. The Balaban J connectivity index is 1.49. The van der Waals surface area contributed by atoms with E-state index < -0.39 is 0 Å². The van der Waals surface area contributed by atoms with E-state index in [0.29, 0.717) is 6.54 Å². The van der Waals surface area contributed by atoms with Crippen molar-refractivity contribution in [1.82, 2.24) is 4.90 Å². The highest BCUT2D eigenvalue weighted by molar-refractivity contribution is 6.06. The fourth-order valence-electron chi connectivity index (χ4n) is 3.34. The molecule has 0 radical (unpaired) electrons. The van der Waals surface area contributed by atoms with Crippen LogP contribution in [0.3, 0.4) is 0 Å². The molecular formula is C15H15NO3. The standard InChI is InChI=1S/C15H15NO3/c17-14-11-5-6-12(11)15(18)16(14)8-10-7-9-3-1-2-4-13(9)19-10/h1-4,10-12H,5-8H2/t10?,11-,12+. The zero-order chi connectivity index (χ0) is 13.0. The first-order valence-corrected chi connectivity index (χ1v) is 6.84. The quantitative estimate of drug-likeness (QED) is 0.752. The zero-order valence-corrected chi connectivity index (χ0v) is 10.5. The van der Waals surface area contributed by atoms with Gasteiger partial charge in [0.2, 0.25) is 11.8 Å². The molecule has 1 unspecified atom stereocenters.